The van der Waals surface area contributed by atoms with E-state index in [9.17, 15) is 19.5 Å². The van der Waals surface area contributed by atoms with Gasteiger partial charge in [0.1, 0.15) is 0 Å². The molecule has 0 fully saturated rings. The van der Waals surface area contributed by atoms with Gasteiger partial charge in [-0.3, -0.25) is 4.57 Å². The van der Waals surface area contributed by atoms with Crippen molar-refractivity contribution in [3.8, 4) is 17.3 Å². The molecule has 0 aliphatic carbocycles. The van der Waals surface area contributed by atoms with Crippen LogP contribution in [-0.4, -0.2) is 24.9 Å². The fourth-order valence-electron chi connectivity index (χ4n) is 2.18. The van der Waals surface area contributed by atoms with E-state index in [1.165, 1.54) is 12.4 Å². The van der Waals surface area contributed by atoms with Gasteiger partial charge in [-0.25, -0.2) is 4.98 Å². The molecule has 0 aliphatic heterocycles. The quantitative estimate of drug-likeness (QED) is 0.544. The number of aromatic nitrogens is 2. The summed E-state index contributed by atoms with van der Waals surface area (Å²) in [5.74, 6) is -0.464. The van der Waals surface area contributed by atoms with Crippen molar-refractivity contribution in [3.05, 3.63) is 54.0 Å². The molecule has 3 aromatic rings. The summed E-state index contributed by atoms with van der Waals surface area (Å²) in [5.41, 5.74) is 0.842. The first-order valence-electron chi connectivity index (χ1n) is 6.41. The SMILES string of the molecule is O=P(O)(O)c1c(-c2ncc[nH]2)oc(Cc2ccccc2)c1O. The lowest BCUT2D eigenvalue weighted by Gasteiger charge is -2.03. The number of furan rings is 1. The molecule has 22 heavy (non-hydrogen) atoms. The molecule has 0 amide bonds. The predicted octanol–water partition coefficient (Wildman–Crippen LogP) is 1.77. The van der Waals surface area contributed by atoms with Crippen LogP contribution in [0.1, 0.15) is 11.3 Å². The van der Waals surface area contributed by atoms with Gasteiger partial charge in [-0.05, 0) is 5.56 Å². The monoisotopic (exact) mass is 320 g/mol. The van der Waals surface area contributed by atoms with E-state index in [4.69, 9.17) is 4.42 Å². The van der Waals surface area contributed by atoms with Gasteiger partial charge in [0.15, 0.2) is 28.4 Å². The maximum atomic E-state index is 11.7. The Morgan fingerprint density at radius 2 is 1.95 bits per heavy atom. The highest BCUT2D eigenvalue weighted by Gasteiger charge is 2.34. The molecule has 0 radical (unpaired) electrons. The largest absolute Gasteiger partial charge is 0.504 e. The summed E-state index contributed by atoms with van der Waals surface area (Å²) in [7, 11) is -4.72. The number of aromatic amines is 1. The predicted molar refractivity (Wildman–Crippen MR) is 78.9 cm³/mol. The number of hydrogen-bond donors (Lipinski definition) is 4. The highest BCUT2D eigenvalue weighted by Crippen LogP contribution is 2.44. The lowest BCUT2D eigenvalue weighted by molar-refractivity contribution is 0.385. The van der Waals surface area contributed by atoms with Crippen molar-refractivity contribution < 1.29 is 23.9 Å². The van der Waals surface area contributed by atoms with Gasteiger partial charge < -0.3 is 24.3 Å². The van der Waals surface area contributed by atoms with Crippen LogP contribution in [0.4, 0.5) is 0 Å². The average Bonchev–Trinajstić information content (AvgIpc) is 3.08. The molecule has 8 heteroatoms. The summed E-state index contributed by atoms with van der Waals surface area (Å²) in [6, 6.07) is 9.15. The Bertz CT molecular complexity index is 821. The molecule has 0 unspecified atom stereocenters. The molecule has 7 nitrogen and oxygen atoms in total. The topological polar surface area (TPSA) is 120 Å². The minimum atomic E-state index is -4.72. The minimum Gasteiger partial charge on any atom is -0.504 e. The molecule has 0 aliphatic rings. The highest BCUT2D eigenvalue weighted by molar-refractivity contribution is 7.60. The minimum absolute atomic E-state index is 0.0796. The third-order valence-electron chi connectivity index (χ3n) is 3.14. The van der Waals surface area contributed by atoms with Gasteiger partial charge in [-0.1, -0.05) is 30.3 Å². The molecule has 3 rings (SSSR count). The van der Waals surface area contributed by atoms with Crippen LogP contribution in [0.5, 0.6) is 5.75 Å². The number of rotatable bonds is 4. The van der Waals surface area contributed by atoms with Gasteiger partial charge >= 0.3 is 7.60 Å². The summed E-state index contributed by atoms with van der Waals surface area (Å²) in [6.07, 6.45) is 3.13. The lowest BCUT2D eigenvalue weighted by atomic mass is 10.1. The van der Waals surface area contributed by atoms with Crippen molar-refractivity contribution in [2.45, 2.75) is 6.42 Å². The Morgan fingerprint density at radius 3 is 2.55 bits per heavy atom. The van der Waals surface area contributed by atoms with E-state index in [1.54, 1.807) is 0 Å². The zero-order valence-corrected chi connectivity index (χ0v) is 12.2. The molecule has 2 aromatic heterocycles. The Kier molecular flexibility index (Phi) is 3.62. The molecule has 0 saturated heterocycles. The molecule has 1 aromatic carbocycles. The van der Waals surface area contributed by atoms with E-state index in [1.807, 2.05) is 30.3 Å². The fraction of sp³-hybridized carbons (Fsp3) is 0.0714. The highest BCUT2D eigenvalue weighted by atomic mass is 31.2. The molecule has 0 bridgehead atoms. The van der Waals surface area contributed by atoms with Crippen LogP contribution < -0.4 is 5.30 Å². The first-order chi connectivity index (χ1) is 10.5. The van der Waals surface area contributed by atoms with Gasteiger partial charge in [0.25, 0.3) is 0 Å². The molecule has 0 saturated carbocycles. The van der Waals surface area contributed by atoms with Gasteiger partial charge in [-0.15, -0.1) is 0 Å². The Morgan fingerprint density at radius 1 is 1.23 bits per heavy atom. The van der Waals surface area contributed by atoms with Crippen LogP contribution in [0.2, 0.25) is 0 Å². The second kappa shape index (κ2) is 5.46. The standard InChI is InChI=1S/C14H13N2O5P/c17-11-10(8-9-4-2-1-3-5-9)21-12(13(11)22(18,19)20)14-15-6-7-16-14/h1-7,17H,8H2,(H,15,16)(H2,18,19,20). The van der Waals surface area contributed by atoms with Crippen LogP contribution >= 0.6 is 7.60 Å². The van der Waals surface area contributed by atoms with Crippen LogP contribution in [0.25, 0.3) is 11.6 Å². The Hall–Kier alpha value is -2.34. The van der Waals surface area contributed by atoms with Crippen LogP contribution in [0.3, 0.4) is 0 Å². The van der Waals surface area contributed by atoms with E-state index in [0.717, 1.165) is 5.56 Å². The lowest BCUT2D eigenvalue weighted by Crippen LogP contribution is -2.05. The fourth-order valence-corrected chi connectivity index (χ4v) is 3.00. The zero-order chi connectivity index (χ0) is 15.7. The Balaban J connectivity index is 2.11. The van der Waals surface area contributed by atoms with Crippen LogP contribution in [-0.2, 0) is 11.0 Å². The van der Waals surface area contributed by atoms with Gasteiger partial charge in [-0.2, -0.15) is 0 Å². The number of nitrogens with one attached hydrogen (secondary N) is 1. The molecule has 0 atom stereocenters. The summed E-state index contributed by atoms with van der Waals surface area (Å²) < 4.78 is 17.2. The van der Waals surface area contributed by atoms with Crippen molar-refractivity contribution in [2.75, 3.05) is 0 Å². The number of aromatic hydroxyl groups is 1. The first kappa shape index (κ1) is 14.6. The van der Waals surface area contributed by atoms with Gasteiger partial charge in [0.2, 0.25) is 0 Å². The normalized spacial score (nSPS) is 11.7. The number of hydrogen-bond acceptors (Lipinski definition) is 4. The van der Waals surface area contributed by atoms with Crippen LogP contribution in [0.15, 0.2) is 47.1 Å². The third kappa shape index (κ3) is 2.69. The van der Waals surface area contributed by atoms with E-state index >= 15 is 0 Å². The smallest absolute Gasteiger partial charge is 0.364 e. The van der Waals surface area contributed by atoms with Crippen LogP contribution in [0, 0.1) is 0 Å². The molecule has 0 spiro atoms. The van der Waals surface area contributed by atoms with Crippen molar-refractivity contribution >= 4 is 12.9 Å². The molecule has 114 valence electrons. The van der Waals surface area contributed by atoms with Crippen molar-refractivity contribution in [1.82, 2.24) is 9.97 Å². The maximum Gasteiger partial charge on any atom is 0.364 e. The maximum absolute atomic E-state index is 11.7. The zero-order valence-electron chi connectivity index (χ0n) is 11.3. The summed E-state index contributed by atoms with van der Waals surface area (Å²) in [4.78, 5) is 25.6. The molecular formula is C14H13N2O5P. The van der Waals surface area contributed by atoms with E-state index < -0.39 is 18.6 Å². The second-order valence-electron chi connectivity index (χ2n) is 4.70. The van der Waals surface area contributed by atoms with E-state index in [2.05, 4.69) is 9.97 Å². The molecule has 2 heterocycles. The summed E-state index contributed by atoms with van der Waals surface area (Å²) in [6.45, 7) is 0. The number of imidazole rings is 1. The second-order valence-corrected chi connectivity index (χ2v) is 6.23. The third-order valence-corrected chi connectivity index (χ3v) is 4.14. The van der Waals surface area contributed by atoms with Crippen molar-refractivity contribution in [3.63, 3.8) is 0 Å². The number of H-pyrrole nitrogens is 1. The van der Waals surface area contributed by atoms with Gasteiger partial charge in [0, 0.05) is 18.8 Å². The van der Waals surface area contributed by atoms with E-state index in [0.29, 0.717) is 0 Å². The van der Waals surface area contributed by atoms with Crippen molar-refractivity contribution in [1.29, 1.82) is 0 Å². The summed E-state index contributed by atoms with van der Waals surface area (Å²) >= 11 is 0. The molecular weight excluding hydrogens is 307 g/mol. The van der Waals surface area contributed by atoms with Gasteiger partial charge in [0.05, 0.1) is 0 Å². The summed E-state index contributed by atoms with van der Waals surface area (Å²) in [5, 5.41) is 9.63. The number of nitrogens with zero attached hydrogens (tertiary/aromatic N) is 1. The van der Waals surface area contributed by atoms with Crippen molar-refractivity contribution in [2.24, 2.45) is 0 Å². The Labute approximate surface area is 125 Å². The molecule has 4 N–H and O–H groups in total. The number of benzene rings is 1. The first-order valence-corrected chi connectivity index (χ1v) is 8.02. The average molecular weight is 320 g/mol. The van der Waals surface area contributed by atoms with E-state index in [-0.39, 0.29) is 23.8 Å².